The van der Waals surface area contributed by atoms with Gasteiger partial charge in [-0.15, -0.1) is 0 Å². The van der Waals surface area contributed by atoms with Crippen molar-refractivity contribution in [3.8, 4) is 22.5 Å². The number of hydrazone groups is 1. The largest absolute Gasteiger partial charge is 0.247 e. The molecule has 0 spiro atoms. The molecule has 0 bridgehead atoms. The lowest BCUT2D eigenvalue weighted by atomic mass is 10.1. The van der Waals surface area contributed by atoms with E-state index in [1.807, 2.05) is 66.7 Å². The first kappa shape index (κ1) is 18.5. The highest BCUT2D eigenvalue weighted by molar-refractivity contribution is 5.80. The van der Waals surface area contributed by atoms with Gasteiger partial charge in [-0.05, 0) is 23.8 Å². The van der Waals surface area contributed by atoms with Crippen molar-refractivity contribution in [2.45, 2.75) is 0 Å². The Balaban J connectivity index is 1.73. The molecule has 142 valence electrons. The van der Waals surface area contributed by atoms with Gasteiger partial charge in [0.25, 0.3) is 0 Å². The zero-order valence-corrected chi connectivity index (χ0v) is 15.9. The molecule has 4 aromatic rings. The van der Waals surface area contributed by atoms with Gasteiger partial charge in [-0.3, -0.25) is 0 Å². The van der Waals surface area contributed by atoms with E-state index in [0.717, 1.165) is 22.5 Å². The molecule has 0 unspecified atom stereocenters. The van der Waals surface area contributed by atoms with E-state index in [0.29, 0.717) is 11.5 Å². The number of benzene rings is 3. The van der Waals surface area contributed by atoms with E-state index < -0.39 is 0 Å². The Kier molecular flexibility index (Phi) is 5.38. The second-order valence-corrected chi connectivity index (χ2v) is 6.49. The first-order valence-electron chi connectivity index (χ1n) is 9.22. The molecule has 1 aromatic heterocycles. The fraction of sp³-hybridized carbons (Fsp3) is 0.0417. The molecule has 0 aliphatic rings. The molecule has 1 heterocycles. The number of hydrogen-bond acceptors (Lipinski definition) is 4. The van der Waals surface area contributed by atoms with Crippen molar-refractivity contribution in [2.24, 2.45) is 5.10 Å². The fourth-order valence-corrected chi connectivity index (χ4v) is 2.88. The highest BCUT2D eigenvalue weighted by Gasteiger charge is 2.11. The second kappa shape index (κ2) is 8.44. The maximum absolute atomic E-state index is 13.4. The number of rotatable bonds is 5. The molecular formula is C24H19FN4. The summed E-state index contributed by atoms with van der Waals surface area (Å²) in [5, 5.41) is 5.98. The summed E-state index contributed by atoms with van der Waals surface area (Å²) in [5.74, 6) is 0.156. The van der Waals surface area contributed by atoms with Crippen molar-refractivity contribution in [3.63, 3.8) is 0 Å². The van der Waals surface area contributed by atoms with Gasteiger partial charge >= 0.3 is 0 Å². The summed E-state index contributed by atoms with van der Waals surface area (Å²) in [7, 11) is 1.77. The Bertz CT molecular complexity index is 1070. The van der Waals surface area contributed by atoms with E-state index in [9.17, 15) is 4.39 Å². The van der Waals surface area contributed by atoms with E-state index in [2.05, 4.69) is 15.1 Å². The topological polar surface area (TPSA) is 41.4 Å². The number of nitrogens with zero attached hydrogens (tertiary/aromatic N) is 4. The number of aromatic nitrogens is 2. The summed E-state index contributed by atoms with van der Waals surface area (Å²) in [5.41, 5.74) is 4.27. The van der Waals surface area contributed by atoms with Crippen molar-refractivity contribution in [1.82, 2.24) is 9.97 Å². The minimum absolute atomic E-state index is 0.301. The smallest absolute Gasteiger partial charge is 0.235 e. The SMILES string of the molecule is CN(/N=C/c1cccc(F)c1)c1nc(-c2ccccc2)cc(-c2ccccc2)n1. The molecule has 0 N–H and O–H groups in total. The standard InChI is InChI=1S/C24H19FN4/c1-29(26-17-18-9-8-14-21(25)15-18)24-27-22(19-10-4-2-5-11-19)16-23(28-24)20-12-6-3-7-13-20/h2-17H,1H3/b26-17+. The van der Waals surface area contributed by atoms with Crippen LogP contribution in [0.5, 0.6) is 0 Å². The first-order chi connectivity index (χ1) is 14.2. The summed E-state index contributed by atoms with van der Waals surface area (Å²) < 4.78 is 13.4. The molecule has 0 aliphatic carbocycles. The van der Waals surface area contributed by atoms with Crippen LogP contribution in [-0.2, 0) is 0 Å². The van der Waals surface area contributed by atoms with Gasteiger partial charge in [0.1, 0.15) is 5.82 Å². The Morgan fingerprint density at radius 2 is 1.34 bits per heavy atom. The molecule has 0 aliphatic heterocycles. The van der Waals surface area contributed by atoms with Gasteiger partial charge in [0, 0.05) is 18.2 Å². The van der Waals surface area contributed by atoms with Crippen molar-refractivity contribution in [2.75, 3.05) is 12.1 Å². The normalized spacial score (nSPS) is 11.0. The van der Waals surface area contributed by atoms with Crippen LogP contribution >= 0.6 is 0 Å². The molecule has 0 radical (unpaired) electrons. The number of hydrogen-bond donors (Lipinski definition) is 0. The van der Waals surface area contributed by atoms with Crippen LogP contribution in [0.15, 0.2) is 96.1 Å². The average Bonchev–Trinajstić information content (AvgIpc) is 2.78. The van der Waals surface area contributed by atoms with Gasteiger partial charge in [0.05, 0.1) is 17.6 Å². The molecule has 0 amide bonds. The molecular weight excluding hydrogens is 363 g/mol. The van der Waals surface area contributed by atoms with Gasteiger partial charge < -0.3 is 0 Å². The van der Waals surface area contributed by atoms with E-state index in [4.69, 9.17) is 0 Å². The highest BCUT2D eigenvalue weighted by atomic mass is 19.1. The lowest BCUT2D eigenvalue weighted by Crippen LogP contribution is -2.13. The predicted octanol–water partition coefficient (Wildman–Crippen LogP) is 5.42. The van der Waals surface area contributed by atoms with Gasteiger partial charge in [-0.1, -0.05) is 72.8 Å². The average molecular weight is 382 g/mol. The zero-order valence-electron chi connectivity index (χ0n) is 15.9. The van der Waals surface area contributed by atoms with Crippen LogP contribution in [0.25, 0.3) is 22.5 Å². The van der Waals surface area contributed by atoms with E-state index in [1.54, 1.807) is 30.4 Å². The lowest BCUT2D eigenvalue weighted by Gasteiger charge is -2.14. The van der Waals surface area contributed by atoms with Gasteiger partial charge in [-0.2, -0.15) is 5.10 Å². The summed E-state index contributed by atoms with van der Waals surface area (Å²) in [6.07, 6.45) is 1.59. The van der Waals surface area contributed by atoms with E-state index >= 15 is 0 Å². The molecule has 4 rings (SSSR count). The van der Waals surface area contributed by atoms with Crippen molar-refractivity contribution < 1.29 is 4.39 Å². The van der Waals surface area contributed by atoms with Crippen LogP contribution in [0, 0.1) is 5.82 Å². The zero-order chi connectivity index (χ0) is 20.1. The van der Waals surface area contributed by atoms with E-state index in [-0.39, 0.29) is 5.82 Å². The molecule has 0 fully saturated rings. The summed E-state index contributed by atoms with van der Waals surface area (Å²) in [4.78, 5) is 9.37. The second-order valence-electron chi connectivity index (χ2n) is 6.49. The van der Waals surface area contributed by atoms with Crippen LogP contribution in [-0.4, -0.2) is 23.2 Å². The molecule has 0 atom stereocenters. The van der Waals surface area contributed by atoms with Crippen molar-refractivity contribution >= 4 is 12.2 Å². The molecule has 5 heteroatoms. The Morgan fingerprint density at radius 1 is 0.759 bits per heavy atom. The lowest BCUT2D eigenvalue weighted by molar-refractivity contribution is 0.627. The molecule has 0 saturated heterocycles. The van der Waals surface area contributed by atoms with Crippen molar-refractivity contribution in [3.05, 3.63) is 102 Å². The fourth-order valence-electron chi connectivity index (χ4n) is 2.88. The van der Waals surface area contributed by atoms with E-state index in [1.165, 1.54) is 12.1 Å². The third-order valence-electron chi connectivity index (χ3n) is 4.37. The Morgan fingerprint density at radius 3 is 1.90 bits per heavy atom. The van der Waals surface area contributed by atoms with Gasteiger partial charge in [0.15, 0.2) is 0 Å². The monoisotopic (exact) mass is 382 g/mol. The molecule has 3 aromatic carbocycles. The van der Waals surface area contributed by atoms with Gasteiger partial charge in [-0.25, -0.2) is 19.4 Å². The quantitative estimate of drug-likeness (QED) is 0.342. The summed E-state index contributed by atoms with van der Waals surface area (Å²) >= 11 is 0. The third-order valence-corrected chi connectivity index (χ3v) is 4.37. The molecule has 0 saturated carbocycles. The predicted molar refractivity (Wildman–Crippen MR) is 115 cm³/mol. The molecule has 4 nitrogen and oxygen atoms in total. The minimum Gasteiger partial charge on any atom is -0.235 e. The number of halogens is 1. The van der Waals surface area contributed by atoms with Crippen LogP contribution < -0.4 is 5.01 Å². The van der Waals surface area contributed by atoms with Crippen LogP contribution in [0.4, 0.5) is 10.3 Å². The van der Waals surface area contributed by atoms with Crippen LogP contribution in [0.2, 0.25) is 0 Å². The minimum atomic E-state index is -0.301. The Hall–Kier alpha value is -3.86. The molecule has 29 heavy (non-hydrogen) atoms. The third kappa shape index (κ3) is 4.52. The van der Waals surface area contributed by atoms with Crippen LogP contribution in [0.1, 0.15) is 5.56 Å². The van der Waals surface area contributed by atoms with Crippen molar-refractivity contribution in [1.29, 1.82) is 0 Å². The van der Waals surface area contributed by atoms with Crippen LogP contribution in [0.3, 0.4) is 0 Å². The maximum atomic E-state index is 13.4. The maximum Gasteiger partial charge on any atom is 0.247 e. The summed E-state index contributed by atoms with van der Waals surface area (Å²) in [6, 6.07) is 28.1. The highest BCUT2D eigenvalue weighted by Crippen LogP contribution is 2.26. The summed E-state index contributed by atoms with van der Waals surface area (Å²) in [6.45, 7) is 0. The number of anilines is 1. The Labute approximate surface area is 169 Å². The first-order valence-corrected chi connectivity index (χ1v) is 9.22. The van der Waals surface area contributed by atoms with Gasteiger partial charge in [0.2, 0.25) is 5.95 Å².